The maximum absolute atomic E-state index is 12.5. The molecule has 0 aliphatic rings. The quantitative estimate of drug-likeness (QED) is 0.407. The summed E-state index contributed by atoms with van der Waals surface area (Å²) < 4.78 is 1.74. The SMILES string of the molecule is Cc1ccccc1C(=O)N=Nc1c(O)n(Cc2ccc(Cl)cc2)c2ccccc12. The topological polar surface area (TPSA) is 66.9 Å². The van der Waals surface area contributed by atoms with Gasteiger partial charge in [-0.05, 0) is 42.3 Å². The fourth-order valence-electron chi connectivity index (χ4n) is 3.26. The van der Waals surface area contributed by atoms with Gasteiger partial charge in [-0.15, -0.1) is 10.2 Å². The van der Waals surface area contributed by atoms with Crippen LogP contribution in [0.2, 0.25) is 5.02 Å². The molecule has 29 heavy (non-hydrogen) atoms. The number of benzene rings is 3. The van der Waals surface area contributed by atoms with Crippen LogP contribution in [-0.4, -0.2) is 15.6 Å². The van der Waals surface area contributed by atoms with E-state index < -0.39 is 5.91 Å². The average Bonchev–Trinajstić information content (AvgIpc) is 2.99. The Balaban J connectivity index is 1.73. The zero-order valence-electron chi connectivity index (χ0n) is 15.7. The summed E-state index contributed by atoms with van der Waals surface area (Å²) in [7, 11) is 0. The van der Waals surface area contributed by atoms with Gasteiger partial charge in [-0.1, -0.05) is 60.1 Å². The van der Waals surface area contributed by atoms with Gasteiger partial charge in [0.25, 0.3) is 5.91 Å². The molecule has 4 rings (SSSR count). The van der Waals surface area contributed by atoms with Crippen LogP contribution in [0, 0.1) is 6.92 Å². The summed E-state index contributed by atoms with van der Waals surface area (Å²) in [6.07, 6.45) is 0. The van der Waals surface area contributed by atoms with Gasteiger partial charge in [-0.3, -0.25) is 4.79 Å². The second kappa shape index (κ2) is 7.89. The summed E-state index contributed by atoms with van der Waals surface area (Å²) in [5.74, 6) is -0.487. The molecule has 0 atom stereocenters. The lowest BCUT2D eigenvalue weighted by atomic mass is 10.1. The van der Waals surface area contributed by atoms with E-state index in [0.29, 0.717) is 17.1 Å². The Labute approximate surface area is 172 Å². The third kappa shape index (κ3) is 3.77. The van der Waals surface area contributed by atoms with Gasteiger partial charge >= 0.3 is 0 Å². The number of hydrogen-bond donors (Lipinski definition) is 1. The Bertz CT molecular complexity index is 1230. The Morgan fingerprint density at radius 2 is 1.69 bits per heavy atom. The Hall–Kier alpha value is -3.44. The summed E-state index contributed by atoms with van der Waals surface area (Å²) in [6, 6.07) is 22.1. The first-order valence-electron chi connectivity index (χ1n) is 9.11. The fourth-order valence-corrected chi connectivity index (χ4v) is 3.39. The molecule has 0 spiro atoms. The van der Waals surface area contributed by atoms with Crippen LogP contribution >= 0.6 is 11.6 Å². The fraction of sp³-hybridized carbons (Fsp3) is 0.0870. The van der Waals surface area contributed by atoms with Crippen molar-refractivity contribution < 1.29 is 9.90 Å². The van der Waals surface area contributed by atoms with E-state index in [4.69, 9.17) is 11.6 Å². The van der Waals surface area contributed by atoms with Crippen LogP contribution in [0.15, 0.2) is 83.0 Å². The van der Waals surface area contributed by atoms with Gasteiger partial charge in [0.15, 0.2) is 5.69 Å². The van der Waals surface area contributed by atoms with Gasteiger partial charge < -0.3 is 9.67 Å². The molecular weight excluding hydrogens is 386 g/mol. The Morgan fingerprint density at radius 1 is 1.00 bits per heavy atom. The van der Waals surface area contributed by atoms with Crippen molar-refractivity contribution in [1.82, 2.24) is 4.57 Å². The number of aryl methyl sites for hydroxylation is 1. The smallest absolute Gasteiger partial charge is 0.295 e. The lowest BCUT2D eigenvalue weighted by molar-refractivity contribution is 0.0994. The van der Waals surface area contributed by atoms with E-state index in [2.05, 4.69) is 10.2 Å². The van der Waals surface area contributed by atoms with Crippen LogP contribution in [0.5, 0.6) is 5.88 Å². The second-order valence-electron chi connectivity index (χ2n) is 6.72. The first-order chi connectivity index (χ1) is 14.0. The normalized spacial score (nSPS) is 11.4. The number of azo groups is 1. The zero-order valence-corrected chi connectivity index (χ0v) is 16.5. The third-order valence-corrected chi connectivity index (χ3v) is 5.04. The lowest BCUT2D eigenvalue weighted by Crippen LogP contribution is -1.98. The zero-order chi connectivity index (χ0) is 20.4. The first kappa shape index (κ1) is 18.9. The number of hydrogen-bond acceptors (Lipinski definition) is 3. The molecule has 0 bridgehead atoms. The van der Waals surface area contributed by atoms with Crippen LogP contribution in [-0.2, 0) is 6.54 Å². The highest BCUT2D eigenvalue weighted by atomic mass is 35.5. The van der Waals surface area contributed by atoms with Gasteiger partial charge in [0.1, 0.15) is 0 Å². The van der Waals surface area contributed by atoms with E-state index in [1.54, 1.807) is 28.8 Å². The predicted octanol–water partition coefficient (Wildman–Crippen LogP) is 6.28. The minimum Gasteiger partial charge on any atom is -0.493 e. The molecule has 3 aromatic carbocycles. The molecule has 1 N–H and O–H groups in total. The molecule has 0 radical (unpaired) electrons. The van der Waals surface area contributed by atoms with Gasteiger partial charge in [0.2, 0.25) is 5.88 Å². The summed E-state index contributed by atoms with van der Waals surface area (Å²) in [4.78, 5) is 12.5. The van der Waals surface area contributed by atoms with Crippen molar-refractivity contribution in [3.8, 4) is 5.88 Å². The summed E-state index contributed by atoms with van der Waals surface area (Å²) in [5, 5.41) is 20.2. The molecule has 1 aromatic heterocycles. The van der Waals surface area contributed by atoms with Crippen LogP contribution in [0.4, 0.5) is 5.69 Å². The number of halogens is 1. The van der Waals surface area contributed by atoms with E-state index in [1.807, 2.05) is 55.5 Å². The van der Waals surface area contributed by atoms with Crippen LogP contribution in [0.25, 0.3) is 10.9 Å². The second-order valence-corrected chi connectivity index (χ2v) is 7.16. The summed E-state index contributed by atoms with van der Waals surface area (Å²) >= 11 is 5.96. The van der Waals surface area contributed by atoms with E-state index in [9.17, 15) is 9.90 Å². The van der Waals surface area contributed by atoms with Crippen molar-refractivity contribution >= 4 is 34.1 Å². The number of para-hydroxylation sites is 1. The molecule has 4 aromatic rings. The third-order valence-electron chi connectivity index (χ3n) is 4.79. The highest BCUT2D eigenvalue weighted by Gasteiger charge is 2.17. The predicted molar refractivity (Wildman–Crippen MR) is 114 cm³/mol. The van der Waals surface area contributed by atoms with E-state index in [-0.39, 0.29) is 11.6 Å². The molecule has 0 aliphatic carbocycles. The molecule has 0 saturated heterocycles. The first-order valence-corrected chi connectivity index (χ1v) is 9.48. The van der Waals surface area contributed by atoms with Gasteiger partial charge in [-0.25, -0.2) is 0 Å². The number of carbonyl (C=O) groups is 1. The number of carbonyl (C=O) groups excluding carboxylic acids is 1. The van der Waals surface area contributed by atoms with Crippen LogP contribution in [0.3, 0.4) is 0 Å². The molecule has 1 amide bonds. The highest BCUT2D eigenvalue weighted by molar-refractivity contribution is 6.30. The number of rotatable bonds is 4. The van der Waals surface area contributed by atoms with Crippen molar-refractivity contribution in [2.75, 3.05) is 0 Å². The maximum atomic E-state index is 12.5. The average molecular weight is 404 g/mol. The Morgan fingerprint density at radius 3 is 2.45 bits per heavy atom. The van der Waals surface area contributed by atoms with Gasteiger partial charge in [0.05, 0.1) is 12.1 Å². The number of aromatic nitrogens is 1. The van der Waals surface area contributed by atoms with Crippen molar-refractivity contribution in [2.24, 2.45) is 10.2 Å². The molecular formula is C23H18ClN3O2. The summed E-state index contributed by atoms with van der Waals surface area (Å²) in [6.45, 7) is 2.28. The van der Waals surface area contributed by atoms with Gasteiger partial charge in [-0.2, -0.15) is 0 Å². The van der Waals surface area contributed by atoms with Crippen LogP contribution < -0.4 is 0 Å². The lowest BCUT2D eigenvalue weighted by Gasteiger charge is -2.07. The molecule has 6 heteroatoms. The van der Waals surface area contributed by atoms with E-state index >= 15 is 0 Å². The molecule has 5 nitrogen and oxygen atoms in total. The molecule has 144 valence electrons. The minimum absolute atomic E-state index is 0.0394. The number of aromatic hydroxyl groups is 1. The van der Waals surface area contributed by atoms with Crippen molar-refractivity contribution in [1.29, 1.82) is 0 Å². The molecule has 0 saturated carbocycles. The molecule has 0 unspecified atom stereocenters. The Kier molecular flexibility index (Phi) is 5.14. The molecule has 1 heterocycles. The van der Waals surface area contributed by atoms with Crippen LogP contribution in [0.1, 0.15) is 21.5 Å². The molecule has 0 fully saturated rings. The number of nitrogens with zero attached hydrogens (tertiary/aromatic N) is 3. The van der Waals surface area contributed by atoms with Crippen molar-refractivity contribution in [3.63, 3.8) is 0 Å². The number of fused-ring (bicyclic) bond motifs is 1. The number of amides is 1. The highest BCUT2D eigenvalue weighted by Crippen LogP contribution is 2.39. The van der Waals surface area contributed by atoms with E-state index in [0.717, 1.165) is 22.0 Å². The standard InChI is InChI=1S/C23H18ClN3O2/c1-15-6-2-3-7-18(15)22(28)26-25-21-19-8-4-5-9-20(19)27(23(21)29)14-16-10-12-17(24)13-11-16/h2-13,29H,14H2,1H3. The van der Waals surface area contributed by atoms with Crippen molar-refractivity contribution in [2.45, 2.75) is 13.5 Å². The monoisotopic (exact) mass is 403 g/mol. The largest absolute Gasteiger partial charge is 0.493 e. The molecule has 0 aliphatic heterocycles. The van der Waals surface area contributed by atoms with Gasteiger partial charge in [0, 0.05) is 16.0 Å². The minimum atomic E-state index is -0.447. The maximum Gasteiger partial charge on any atom is 0.295 e. The van der Waals surface area contributed by atoms with Crippen molar-refractivity contribution in [3.05, 3.63) is 94.5 Å². The summed E-state index contributed by atoms with van der Waals surface area (Å²) in [5.41, 5.74) is 3.37. The van der Waals surface area contributed by atoms with E-state index in [1.165, 1.54) is 0 Å².